The highest BCUT2D eigenvalue weighted by atomic mass is 32.2. The molecule has 3 aliphatic heterocycles. The van der Waals surface area contributed by atoms with E-state index in [0.29, 0.717) is 23.9 Å². The van der Waals surface area contributed by atoms with Crippen LogP contribution in [0.25, 0.3) is 0 Å². The fourth-order valence-corrected chi connectivity index (χ4v) is 5.42. The minimum Gasteiger partial charge on any atom is -0.316 e. The van der Waals surface area contributed by atoms with E-state index in [2.05, 4.69) is 5.32 Å². The van der Waals surface area contributed by atoms with E-state index in [9.17, 15) is 8.42 Å². The summed E-state index contributed by atoms with van der Waals surface area (Å²) in [5.41, 5.74) is 0. The highest BCUT2D eigenvalue weighted by Gasteiger charge is 2.57. The van der Waals surface area contributed by atoms with Crippen LogP contribution in [0.3, 0.4) is 0 Å². The summed E-state index contributed by atoms with van der Waals surface area (Å²) in [6.45, 7) is 3.78. The molecule has 4 nitrogen and oxygen atoms in total. The van der Waals surface area contributed by atoms with Crippen LogP contribution < -0.4 is 5.32 Å². The van der Waals surface area contributed by atoms with Crippen molar-refractivity contribution in [2.75, 3.05) is 18.8 Å². The van der Waals surface area contributed by atoms with E-state index in [1.165, 1.54) is 0 Å². The zero-order chi connectivity index (χ0) is 10.6. The Morgan fingerprint density at radius 3 is 2.20 bits per heavy atom. The monoisotopic (exact) mass is 230 g/mol. The van der Waals surface area contributed by atoms with Gasteiger partial charge in [-0.15, -0.1) is 0 Å². The SMILES string of the molecule is CCS(=O)(=O)N1[C@@H]2CC[C@H]1[C@H]1CNC[C@H]12. The van der Waals surface area contributed by atoms with Crippen LogP contribution in [0.2, 0.25) is 0 Å². The molecule has 0 unspecified atom stereocenters. The molecule has 0 amide bonds. The lowest BCUT2D eigenvalue weighted by molar-refractivity contribution is 0.354. The molecule has 0 aromatic carbocycles. The van der Waals surface area contributed by atoms with Crippen molar-refractivity contribution in [3.05, 3.63) is 0 Å². The van der Waals surface area contributed by atoms with Gasteiger partial charge in [-0.1, -0.05) is 0 Å². The minimum atomic E-state index is -2.97. The number of nitrogens with zero attached hydrogens (tertiary/aromatic N) is 1. The van der Waals surface area contributed by atoms with Crippen LogP contribution in [0.15, 0.2) is 0 Å². The Morgan fingerprint density at radius 2 is 1.73 bits per heavy atom. The van der Waals surface area contributed by atoms with Crippen LogP contribution >= 0.6 is 0 Å². The van der Waals surface area contributed by atoms with E-state index in [1.54, 1.807) is 6.92 Å². The summed E-state index contributed by atoms with van der Waals surface area (Å²) in [7, 11) is -2.97. The molecule has 1 N–H and O–H groups in total. The first-order valence-electron chi connectivity index (χ1n) is 5.87. The number of hydrogen-bond donors (Lipinski definition) is 1. The fraction of sp³-hybridized carbons (Fsp3) is 1.00. The lowest BCUT2D eigenvalue weighted by Gasteiger charge is -2.22. The quantitative estimate of drug-likeness (QED) is 0.727. The highest BCUT2D eigenvalue weighted by Crippen LogP contribution is 2.48. The molecule has 0 aromatic heterocycles. The Balaban J connectivity index is 1.95. The molecule has 0 saturated carbocycles. The summed E-state index contributed by atoms with van der Waals surface area (Å²) in [4.78, 5) is 0. The van der Waals surface area contributed by atoms with Gasteiger partial charge in [0.25, 0.3) is 0 Å². The molecule has 3 aliphatic rings. The maximum atomic E-state index is 12.0. The Hall–Kier alpha value is -0.130. The van der Waals surface area contributed by atoms with Crippen molar-refractivity contribution in [2.24, 2.45) is 11.8 Å². The molecule has 5 heteroatoms. The molecule has 3 rings (SSSR count). The Morgan fingerprint density at radius 1 is 1.20 bits per heavy atom. The predicted octanol–water partition coefficient (Wildman–Crippen LogP) is 0.0183. The van der Waals surface area contributed by atoms with Gasteiger partial charge in [0.05, 0.1) is 5.75 Å². The fourth-order valence-electron chi connectivity index (χ4n) is 3.77. The third-order valence-electron chi connectivity index (χ3n) is 4.40. The molecule has 0 radical (unpaired) electrons. The Kier molecular flexibility index (Phi) is 2.13. The average molecular weight is 230 g/mol. The summed E-state index contributed by atoms with van der Waals surface area (Å²) in [5, 5.41) is 3.39. The van der Waals surface area contributed by atoms with Crippen molar-refractivity contribution in [2.45, 2.75) is 31.8 Å². The van der Waals surface area contributed by atoms with Gasteiger partial charge in [0, 0.05) is 12.1 Å². The van der Waals surface area contributed by atoms with E-state index in [0.717, 1.165) is 25.9 Å². The molecule has 2 bridgehead atoms. The van der Waals surface area contributed by atoms with Gasteiger partial charge in [-0.2, -0.15) is 4.31 Å². The summed E-state index contributed by atoms with van der Waals surface area (Å²) < 4.78 is 25.8. The van der Waals surface area contributed by atoms with E-state index in [1.807, 2.05) is 4.31 Å². The van der Waals surface area contributed by atoms with Gasteiger partial charge in [-0.25, -0.2) is 8.42 Å². The molecule has 15 heavy (non-hydrogen) atoms. The lowest BCUT2D eigenvalue weighted by atomic mass is 9.82. The molecule has 0 aromatic rings. The van der Waals surface area contributed by atoms with Gasteiger partial charge < -0.3 is 5.32 Å². The molecule has 0 aliphatic carbocycles. The topological polar surface area (TPSA) is 49.4 Å². The molecule has 4 atom stereocenters. The van der Waals surface area contributed by atoms with Crippen molar-refractivity contribution in [1.29, 1.82) is 0 Å². The number of rotatable bonds is 2. The molecular formula is C10H18N2O2S. The first-order chi connectivity index (χ1) is 7.15. The first-order valence-corrected chi connectivity index (χ1v) is 7.48. The van der Waals surface area contributed by atoms with E-state index >= 15 is 0 Å². The van der Waals surface area contributed by atoms with Crippen molar-refractivity contribution >= 4 is 10.0 Å². The van der Waals surface area contributed by atoms with Crippen LogP contribution in [0, 0.1) is 11.8 Å². The van der Waals surface area contributed by atoms with Gasteiger partial charge in [-0.3, -0.25) is 0 Å². The number of nitrogens with one attached hydrogen (secondary N) is 1. The zero-order valence-electron chi connectivity index (χ0n) is 9.02. The van der Waals surface area contributed by atoms with Crippen LogP contribution in [-0.4, -0.2) is 43.6 Å². The maximum absolute atomic E-state index is 12.0. The van der Waals surface area contributed by atoms with Crippen molar-refractivity contribution in [3.63, 3.8) is 0 Å². The predicted molar refractivity (Wildman–Crippen MR) is 58.0 cm³/mol. The summed E-state index contributed by atoms with van der Waals surface area (Å²) in [6.07, 6.45) is 2.15. The van der Waals surface area contributed by atoms with E-state index in [4.69, 9.17) is 0 Å². The molecule has 3 heterocycles. The maximum Gasteiger partial charge on any atom is 0.214 e. The number of fused-ring (bicyclic) bond motifs is 5. The van der Waals surface area contributed by atoms with E-state index in [-0.39, 0.29) is 5.75 Å². The van der Waals surface area contributed by atoms with Gasteiger partial charge in [0.2, 0.25) is 10.0 Å². The summed E-state index contributed by atoms with van der Waals surface area (Å²) in [5.74, 6) is 1.43. The second-order valence-corrected chi connectivity index (χ2v) is 7.09. The summed E-state index contributed by atoms with van der Waals surface area (Å²) >= 11 is 0. The first kappa shape index (κ1) is 10.1. The van der Waals surface area contributed by atoms with Gasteiger partial charge in [0.15, 0.2) is 0 Å². The van der Waals surface area contributed by atoms with Crippen LogP contribution in [0.1, 0.15) is 19.8 Å². The average Bonchev–Trinajstić information content (AvgIpc) is 2.88. The van der Waals surface area contributed by atoms with Gasteiger partial charge >= 0.3 is 0 Å². The Bertz CT molecular complexity index is 350. The zero-order valence-corrected chi connectivity index (χ0v) is 9.83. The van der Waals surface area contributed by atoms with Crippen molar-refractivity contribution in [3.8, 4) is 0 Å². The minimum absolute atomic E-state index is 0.257. The third kappa shape index (κ3) is 1.23. The second kappa shape index (κ2) is 3.18. The largest absolute Gasteiger partial charge is 0.316 e. The third-order valence-corrected chi connectivity index (χ3v) is 6.31. The molecule has 0 spiro atoms. The lowest BCUT2D eigenvalue weighted by Crippen LogP contribution is -2.40. The Labute approximate surface area is 91.1 Å². The van der Waals surface area contributed by atoms with Crippen LogP contribution in [0.4, 0.5) is 0 Å². The summed E-state index contributed by atoms with van der Waals surface area (Å²) in [6, 6.07) is 0.611. The van der Waals surface area contributed by atoms with Crippen LogP contribution in [0.5, 0.6) is 0 Å². The molecule has 3 fully saturated rings. The number of hydrogen-bond acceptors (Lipinski definition) is 3. The standard InChI is InChI=1S/C10H18N2O2S/c1-2-15(13,14)12-9-3-4-10(12)8-6-11-5-7(8)9/h7-11H,2-6H2,1H3/t7-,8+,9-,10+. The highest BCUT2D eigenvalue weighted by molar-refractivity contribution is 7.89. The van der Waals surface area contributed by atoms with Crippen molar-refractivity contribution in [1.82, 2.24) is 9.62 Å². The number of sulfonamides is 1. The van der Waals surface area contributed by atoms with E-state index < -0.39 is 10.0 Å². The second-order valence-electron chi connectivity index (χ2n) is 4.93. The van der Waals surface area contributed by atoms with Crippen LogP contribution in [-0.2, 0) is 10.0 Å². The van der Waals surface area contributed by atoms with Gasteiger partial charge in [0.1, 0.15) is 0 Å². The van der Waals surface area contributed by atoms with Gasteiger partial charge in [-0.05, 0) is 44.7 Å². The molecule has 3 saturated heterocycles. The smallest absolute Gasteiger partial charge is 0.214 e. The molecule has 86 valence electrons. The van der Waals surface area contributed by atoms with Crippen molar-refractivity contribution < 1.29 is 8.42 Å². The molecular weight excluding hydrogens is 212 g/mol. The normalized spacial score (nSPS) is 44.9.